The molecule has 8 heteroatoms. The van der Waals surface area contributed by atoms with E-state index in [-0.39, 0.29) is 17.2 Å². The standard InChI is InChI=1S/C11H8BrF2N3O2/c1-6-15-8(11(13)14)5-16(6)9-3-2-7(12)4-10(9)17(18)19/h2-5,11H,1H3. The van der Waals surface area contributed by atoms with Crippen LogP contribution in [0.4, 0.5) is 14.5 Å². The summed E-state index contributed by atoms with van der Waals surface area (Å²) in [6, 6.07) is 4.40. The normalized spacial score (nSPS) is 11.0. The number of hydrogen-bond donors (Lipinski definition) is 0. The third kappa shape index (κ3) is 2.62. The molecule has 2 rings (SSSR count). The van der Waals surface area contributed by atoms with Gasteiger partial charge in [0.15, 0.2) is 0 Å². The molecule has 0 spiro atoms. The van der Waals surface area contributed by atoms with Gasteiger partial charge >= 0.3 is 0 Å². The van der Waals surface area contributed by atoms with Crippen molar-refractivity contribution in [2.75, 3.05) is 0 Å². The van der Waals surface area contributed by atoms with Crippen molar-refractivity contribution in [1.82, 2.24) is 9.55 Å². The Bertz CT molecular complexity index is 643. The van der Waals surface area contributed by atoms with Gasteiger partial charge in [-0.05, 0) is 19.1 Å². The highest BCUT2D eigenvalue weighted by Crippen LogP contribution is 2.29. The van der Waals surface area contributed by atoms with Crippen LogP contribution in [0.1, 0.15) is 17.9 Å². The molecule has 0 atom stereocenters. The first-order chi connectivity index (χ1) is 8.90. The molecule has 0 bridgehead atoms. The zero-order valence-electron chi connectivity index (χ0n) is 9.68. The molecule has 19 heavy (non-hydrogen) atoms. The van der Waals surface area contributed by atoms with E-state index >= 15 is 0 Å². The van der Waals surface area contributed by atoms with Crippen molar-refractivity contribution in [2.45, 2.75) is 13.3 Å². The Morgan fingerprint density at radius 2 is 2.16 bits per heavy atom. The van der Waals surface area contributed by atoms with Gasteiger partial charge in [-0.15, -0.1) is 0 Å². The Labute approximate surface area is 115 Å². The molecule has 0 N–H and O–H groups in total. The summed E-state index contributed by atoms with van der Waals surface area (Å²) < 4.78 is 27.0. The third-order valence-corrected chi connectivity index (χ3v) is 3.01. The van der Waals surface area contributed by atoms with Crippen molar-refractivity contribution < 1.29 is 13.7 Å². The number of halogens is 3. The van der Waals surface area contributed by atoms with Crippen LogP contribution < -0.4 is 0 Å². The highest BCUT2D eigenvalue weighted by molar-refractivity contribution is 9.10. The lowest BCUT2D eigenvalue weighted by molar-refractivity contribution is -0.384. The van der Waals surface area contributed by atoms with E-state index < -0.39 is 17.0 Å². The van der Waals surface area contributed by atoms with Crippen LogP contribution in [0.2, 0.25) is 0 Å². The van der Waals surface area contributed by atoms with Gasteiger partial charge in [0.1, 0.15) is 17.2 Å². The van der Waals surface area contributed by atoms with E-state index in [4.69, 9.17) is 0 Å². The lowest BCUT2D eigenvalue weighted by atomic mass is 10.2. The Morgan fingerprint density at radius 3 is 2.68 bits per heavy atom. The number of nitrogens with zero attached hydrogens (tertiary/aromatic N) is 3. The first-order valence-electron chi connectivity index (χ1n) is 5.18. The minimum Gasteiger partial charge on any atom is -0.297 e. The Kier molecular flexibility index (Phi) is 3.61. The number of nitro groups is 1. The molecule has 0 saturated heterocycles. The van der Waals surface area contributed by atoms with Gasteiger partial charge in [-0.2, -0.15) is 0 Å². The number of rotatable bonds is 3. The Hall–Kier alpha value is -1.83. The molecule has 0 aliphatic rings. The summed E-state index contributed by atoms with van der Waals surface area (Å²) in [7, 11) is 0. The SMILES string of the molecule is Cc1nc(C(F)F)cn1-c1ccc(Br)cc1[N+](=O)[O-]. The maximum Gasteiger partial charge on any atom is 0.294 e. The third-order valence-electron chi connectivity index (χ3n) is 2.52. The lowest BCUT2D eigenvalue weighted by Crippen LogP contribution is -2.01. The molecular formula is C11H8BrF2N3O2. The van der Waals surface area contributed by atoms with Crippen molar-refractivity contribution in [3.63, 3.8) is 0 Å². The molecule has 100 valence electrons. The fourth-order valence-corrected chi connectivity index (χ4v) is 2.04. The molecule has 0 fully saturated rings. The number of nitro benzene ring substituents is 1. The summed E-state index contributed by atoms with van der Waals surface area (Å²) in [6.45, 7) is 1.51. The average molecular weight is 332 g/mol. The van der Waals surface area contributed by atoms with Crippen LogP contribution >= 0.6 is 15.9 Å². The summed E-state index contributed by atoms with van der Waals surface area (Å²) >= 11 is 3.13. The molecule has 0 aliphatic heterocycles. The van der Waals surface area contributed by atoms with Gasteiger partial charge in [-0.1, -0.05) is 15.9 Å². The number of alkyl halides is 2. The summed E-state index contributed by atoms with van der Waals surface area (Å²) in [6.07, 6.45) is -1.61. The van der Waals surface area contributed by atoms with E-state index in [0.717, 1.165) is 6.20 Å². The predicted octanol–water partition coefficient (Wildman–Crippen LogP) is 3.79. The van der Waals surface area contributed by atoms with Crippen LogP contribution in [0.5, 0.6) is 0 Å². The predicted molar refractivity (Wildman–Crippen MR) is 67.6 cm³/mol. The number of aromatic nitrogens is 2. The zero-order chi connectivity index (χ0) is 14.2. The van der Waals surface area contributed by atoms with Crippen molar-refractivity contribution in [2.24, 2.45) is 0 Å². The van der Waals surface area contributed by atoms with E-state index in [0.29, 0.717) is 4.47 Å². The highest BCUT2D eigenvalue weighted by atomic mass is 79.9. The molecule has 0 aliphatic carbocycles. The minimum absolute atomic E-state index is 0.185. The minimum atomic E-state index is -2.71. The molecular weight excluding hydrogens is 324 g/mol. The van der Waals surface area contributed by atoms with Crippen LogP contribution in [0.15, 0.2) is 28.9 Å². The van der Waals surface area contributed by atoms with Crippen LogP contribution in [-0.2, 0) is 0 Å². The van der Waals surface area contributed by atoms with Crippen LogP contribution in [0.25, 0.3) is 5.69 Å². The highest BCUT2D eigenvalue weighted by Gasteiger charge is 2.20. The van der Waals surface area contributed by atoms with Crippen molar-refractivity contribution >= 4 is 21.6 Å². The quantitative estimate of drug-likeness (QED) is 0.635. The summed E-state index contributed by atoms with van der Waals surface area (Å²) in [4.78, 5) is 14.1. The summed E-state index contributed by atoms with van der Waals surface area (Å²) in [5.41, 5.74) is -0.393. The maximum atomic E-state index is 12.6. The van der Waals surface area contributed by atoms with E-state index in [1.54, 1.807) is 6.07 Å². The van der Waals surface area contributed by atoms with Gasteiger partial charge in [0.2, 0.25) is 0 Å². The van der Waals surface area contributed by atoms with Gasteiger partial charge in [0.05, 0.1) is 4.92 Å². The van der Waals surface area contributed by atoms with Crippen LogP contribution in [0, 0.1) is 17.0 Å². The lowest BCUT2D eigenvalue weighted by Gasteiger charge is -2.06. The molecule has 0 radical (unpaired) electrons. The van der Waals surface area contributed by atoms with E-state index in [1.165, 1.54) is 23.6 Å². The van der Waals surface area contributed by atoms with Gasteiger partial charge in [0.25, 0.3) is 12.1 Å². The molecule has 0 amide bonds. The second-order valence-electron chi connectivity index (χ2n) is 3.77. The summed E-state index contributed by atoms with van der Waals surface area (Å²) in [5.74, 6) is 0.265. The van der Waals surface area contributed by atoms with Crippen LogP contribution in [0.3, 0.4) is 0 Å². The Morgan fingerprint density at radius 1 is 1.47 bits per heavy atom. The molecule has 1 aromatic heterocycles. The topological polar surface area (TPSA) is 61.0 Å². The first kappa shape index (κ1) is 13.6. The molecule has 1 aromatic carbocycles. The van der Waals surface area contributed by atoms with Crippen molar-refractivity contribution in [3.05, 3.63) is 50.5 Å². The molecule has 1 heterocycles. The zero-order valence-corrected chi connectivity index (χ0v) is 11.3. The fourth-order valence-electron chi connectivity index (χ4n) is 1.69. The van der Waals surface area contributed by atoms with E-state index in [9.17, 15) is 18.9 Å². The first-order valence-corrected chi connectivity index (χ1v) is 5.98. The Balaban J connectivity index is 2.61. The molecule has 0 unspecified atom stereocenters. The monoisotopic (exact) mass is 331 g/mol. The smallest absolute Gasteiger partial charge is 0.294 e. The van der Waals surface area contributed by atoms with Crippen LogP contribution in [-0.4, -0.2) is 14.5 Å². The van der Waals surface area contributed by atoms with Gasteiger partial charge in [0, 0.05) is 16.7 Å². The van der Waals surface area contributed by atoms with Gasteiger partial charge < -0.3 is 0 Å². The van der Waals surface area contributed by atoms with Gasteiger partial charge in [-0.25, -0.2) is 13.8 Å². The maximum absolute atomic E-state index is 12.6. The number of imidazole rings is 1. The van der Waals surface area contributed by atoms with E-state index in [1.807, 2.05) is 0 Å². The number of hydrogen-bond acceptors (Lipinski definition) is 3. The fraction of sp³-hybridized carbons (Fsp3) is 0.182. The number of aryl methyl sites for hydroxylation is 1. The second-order valence-corrected chi connectivity index (χ2v) is 4.69. The van der Waals surface area contributed by atoms with E-state index in [2.05, 4.69) is 20.9 Å². The van der Waals surface area contributed by atoms with Gasteiger partial charge in [-0.3, -0.25) is 14.7 Å². The largest absolute Gasteiger partial charge is 0.297 e. The second kappa shape index (κ2) is 5.04. The molecule has 2 aromatic rings. The summed E-state index contributed by atoms with van der Waals surface area (Å²) in [5, 5.41) is 11.0. The molecule has 0 saturated carbocycles. The molecule has 5 nitrogen and oxygen atoms in total. The van der Waals surface area contributed by atoms with Crippen molar-refractivity contribution in [1.29, 1.82) is 0 Å². The number of benzene rings is 1. The average Bonchev–Trinajstić information content (AvgIpc) is 2.71. The van der Waals surface area contributed by atoms with Crippen molar-refractivity contribution in [3.8, 4) is 5.69 Å².